The van der Waals surface area contributed by atoms with Gasteiger partial charge in [-0.05, 0) is 31.1 Å². The average molecular weight is 300 g/mol. The number of amides is 2. The van der Waals surface area contributed by atoms with E-state index >= 15 is 0 Å². The molecule has 0 aliphatic heterocycles. The summed E-state index contributed by atoms with van der Waals surface area (Å²) in [5.74, 6) is -1.01. The predicted molar refractivity (Wildman–Crippen MR) is 75.7 cm³/mol. The summed E-state index contributed by atoms with van der Waals surface area (Å²) in [4.78, 5) is 36.0. The Kier molecular flexibility index (Phi) is 6.45. The molecule has 7 heteroatoms. The highest BCUT2D eigenvalue weighted by Gasteiger charge is 2.30. The van der Waals surface area contributed by atoms with Crippen LogP contribution in [0, 0.1) is 11.8 Å². The molecule has 0 aromatic carbocycles. The lowest BCUT2D eigenvalue weighted by atomic mass is 10.0. The predicted octanol–water partition coefficient (Wildman–Crippen LogP) is 1.08. The fraction of sp³-hybridized carbons (Fsp3) is 0.786. The van der Waals surface area contributed by atoms with Crippen LogP contribution in [-0.4, -0.2) is 54.2 Å². The van der Waals surface area contributed by atoms with Crippen LogP contribution in [0.25, 0.3) is 0 Å². The van der Waals surface area contributed by atoms with E-state index in [4.69, 9.17) is 5.11 Å². The standard InChI is InChI=1S/C14H24N2O5/c1-9(2)6-11(13(19)21-3)15-14(20)16(8-12(17)18)7-10-4-5-10/h9-11H,4-8H2,1-3H3,(H,15,20)(H,17,18). The number of hydrogen-bond acceptors (Lipinski definition) is 4. The molecule has 21 heavy (non-hydrogen) atoms. The van der Waals surface area contributed by atoms with Crippen molar-refractivity contribution in [2.24, 2.45) is 11.8 Å². The summed E-state index contributed by atoms with van der Waals surface area (Å²) in [6, 6.07) is -1.28. The van der Waals surface area contributed by atoms with Gasteiger partial charge >= 0.3 is 18.0 Å². The molecule has 1 aliphatic rings. The molecule has 0 heterocycles. The fourth-order valence-corrected chi connectivity index (χ4v) is 2.06. The molecular weight excluding hydrogens is 276 g/mol. The molecule has 2 N–H and O–H groups in total. The Morgan fingerprint density at radius 2 is 1.95 bits per heavy atom. The number of esters is 1. The van der Waals surface area contributed by atoms with Crippen molar-refractivity contribution in [3.63, 3.8) is 0 Å². The highest BCUT2D eigenvalue weighted by molar-refractivity contribution is 5.85. The van der Waals surface area contributed by atoms with Gasteiger partial charge in [-0.3, -0.25) is 4.79 Å². The van der Waals surface area contributed by atoms with E-state index in [-0.39, 0.29) is 12.5 Å². The summed E-state index contributed by atoms with van der Waals surface area (Å²) in [6.07, 6.45) is 2.47. The zero-order chi connectivity index (χ0) is 16.0. The minimum absolute atomic E-state index is 0.200. The minimum atomic E-state index is -1.07. The number of carboxylic acid groups (broad SMARTS) is 1. The molecule has 2 amide bonds. The molecule has 0 aromatic heterocycles. The fourth-order valence-electron chi connectivity index (χ4n) is 2.06. The summed E-state index contributed by atoms with van der Waals surface area (Å²) in [6.45, 7) is 3.91. The molecule has 1 aliphatic carbocycles. The smallest absolute Gasteiger partial charge is 0.328 e. The van der Waals surface area contributed by atoms with Gasteiger partial charge in [0.15, 0.2) is 0 Å². The topological polar surface area (TPSA) is 95.9 Å². The van der Waals surface area contributed by atoms with Crippen LogP contribution in [0.4, 0.5) is 4.79 Å². The summed E-state index contributed by atoms with van der Waals surface area (Å²) in [5, 5.41) is 11.5. The number of carboxylic acids is 1. The molecule has 7 nitrogen and oxygen atoms in total. The van der Waals surface area contributed by atoms with Gasteiger partial charge in [0.25, 0.3) is 0 Å². The molecule has 1 fully saturated rings. The van der Waals surface area contributed by atoms with Gasteiger partial charge in [-0.25, -0.2) is 9.59 Å². The van der Waals surface area contributed by atoms with E-state index in [2.05, 4.69) is 10.1 Å². The number of nitrogens with one attached hydrogen (secondary N) is 1. The summed E-state index contributed by atoms with van der Waals surface area (Å²) in [5.41, 5.74) is 0. The van der Waals surface area contributed by atoms with Gasteiger partial charge in [0.2, 0.25) is 0 Å². The normalized spacial score (nSPS) is 15.4. The Morgan fingerprint density at radius 1 is 1.33 bits per heavy atom. The first-order valence-electron chi connectivity index (χ1n) is 7.18. The van der Waals surface area contributed by atoms with E-state index in [0.29, 0.717) is 18.9 Å². The molecule has 0 saturated heterocycles. The van der Waals surface area contributed by atoms with Gasteiger partial charge in [0.1, 0.15) is 12.6 Å². The van der Waals surface area contributed by atoms with Crippen LogP contribution >= 0.6 is 0 Å². The van der Waals surface area contributed by atoms with Gasteiger partial charge < -0.3 is 20.1 Å². The third-order valence-electron chi connectivity index (χ3n) is 3.28. The Morgan fingerprint density at radius 3 is 2.38 bits per heavy atom. The number of methoxy groups -OCH3 is 1. The second kappa shape index (κ2) is 7.85. The second-order valence-electron chi connectivity index (χ2n) is 5.87. The van der Waals surface area contributed by atoms with Crippen LogP contribution in [-0.2, 0) is 14.3 Å². The SMILES string of the molecule is COC(=O)C(CC(C)C)NC(=O)N(CC(=O)O)CC1CC1. The van der Waals surface area contributed by atoms with Gasteiger partial charge in [-0.1, -0.05) is 13.8 Å². The maximum Gasteiger partial charge on any atom is 0.328 e. The molecule has 0 bridgehead atoms. The van der Waals surface area contributed by atoms with Gasteiger partial charge in [-0.2, -0.15) is 0 Å². The number of nitrogens with zero attached hydrogens (tertiary/aromatic N) is 1. The van der Waals surface area contributed by atoms with Crippen LogP contribution in [0.5, 0.6) is 0 Å². The van der Waals surface area contributed by atoms with E-state index in [1.807, 2.05) is 13.8 Å². The van der Waals surface area contributed by atoms with Crippen LogP contribution in [0.2, 0.25) is 0 Å². The Hall–Kier alpha value is -1.79. The van der Waals surface area contributed by atoms with Crippen molar-refractivity contribution in [2.75, 3.05) is 20.2 Å². The third kappa shape index (κ3) is 6.46. The van der Waals surface area contributed by atoms with Crippen molar-refractivity contribution in [3.8, 4) is 0 Å². The van der Waals surface area contributed by atoms with E-state index in [1.54, 1.807) is 0 Å². The van der Waals surface area contributed by atoms with Gasteiger partial charge in [0, 0.05) is 6.54 Å². The largest absolute Gasteiger partial charge is 0.480 e. The highest BCUT2D eigenvalue weighted by atomic mass is 16.5. The molecule has 0 spiro atoms. The van der Waals surface area contributed by atoms with Gasteiger partial charge in [0.05, 0.1) is 7.11 Å². The molecule has 0 radical (unpaired) electrons. The Bertz CT molecular complexity index is 393. The summed E-state index contributed by atoms with van der Waals surface area (Å²) < 4.78 is 4.68. The van der Waals surface area contributed by atoms with Crippen molar-refractivity contribution in [2.45, 2.75) is 39.2 Å². The number of rotatable bonds is 8. The third-order valence-corrected chi connectivity index (χ3v) is 3.28. The number of hydrogen-bond donors (Lipinski definition) is 2. The zero-order valence-corrected chi connectivity index (χ0v) is 12.8. The molecule has 1 atom stereocenters. The molecule has 1 saturated carbocycles. The molecule has 0 aromatic rings. The van der Waals surface area contributed by atoms with E-state index in [0.717, 1.165) is 12.8 Å². The van der Waals surface area contributed by atoms with Crippen LogP contribution in [0.1, 0.15) is 33.1 Å². The average Bonchev–Trinajstić information content (AvgIpc) is 3.19. The highest BCUT2D eigenvalue weighted by Crippen LogP contribution is 2.29. The first-order valence-corrected chi connectivity index (χ1v) is 7.18. The zero-order valence-electron chi connectivity index (χ0n) is 12.8. The minimum Gasteiger partial charge on any atom is -0.480 e. The second-order valence-corrected chi connectivity index (χ2v) is 5.87. The Labute approximate surface area is 124 Å². The molecular formula is C14H24N2O5. The lowest BCUT2D eigenvalue weighted by molar-refractivity contribution is -0.143. The maximum absolute atomic E-state index is 12.2. The van der Waals surface area contributed by atoms with Crippen molar-refractivity contribution >= 4 is 18.0 Å². The van der Waals surface area contributed by atoms with E-state index in [1.165, 1.54) is 12.0 Å². The maximum atomic E-state index is 12.2. The quantitative estimate of drug-likeness (QED) is 0.654. The monoisotopic (exact) mass is 300 g/mol. The molecule has 120 valence electrons. The van der Waals surface area contributed by atoms with Crippen molar-refractivity contribution in [3.05, 3.63) is 0 Å². The number of aliphatic carboxylic acids is 1. The van der Waals surface area contributed by atoms with E-state index in [9.17, 15) is 14.4 Å². The lowest BCUT2D eigenvalue weighted by Gasteiger charge is -2.25. The van der Waals surface area contributed by atoms with E-state index < -0.39 is 24.0 Å². The van der Waals surface area contributed by atoms with Crippen LogP contribution < -0.4 is 5.32 Å². The number of ether oxygens (including phenoxy) is 1. The molecule has 1 unspecified atom stereocenters. The lowest BCUT2D eigenvalue weighted by Crippen LogP contribution is -2.50. The summed E-state index contributed by atoms with van der Waals surface area (Å²) in [7, 11) is 1.26. The van der Waals surface area contributed by atoms with Crippen LogP contribution in [0.3, 0.4) is 0 Å². The first-order chi connectivity index (χ1) is 9.83. The van der Waals surface area contributed by atoms with Gasteiger partial charge in [-0.15, -0.1) is 0 Å². The Balaban J connectivity index is 2.65. The van der Waals surface area contributed by atoms with Crippen molar-refractivity contribution in [1.82, 2.24) is 10.2 Å². The number of carbonyl (C=O) groups excluding carboxylic acids is 2. The van der Waals surface area contributed by atoms with Crippen LogP contribution in [0.15, 0.2) is 0 Å². The number of carbonyl (C=O) groups is 3. The summed E-state index contributed by atoms with van der Waals surface area (Å²) >= 11 is 0. The van der Waals surface area contributed by atoms with Crippen molar-refractivity contribution < 1.29 is 24.2 Å². The van der Waals surface area contributed by atoms with Crippen molar-refractivity contribution in [1.29, 1.82) is 0 Å². The number of urea groups is 1. The first kappa shape index (κ1) is 17.3. The molecule has 1 rings (SSSR count).